The van der Waals surface area contributed by atoms with Crippen molar-refractivity contribution in [3.8, 4) is 5.75 Å². The molecule has 1 N–H and O–H groups in total. The van der Waals surface area contributed by atoms with Crippen molar-refractivity contribution in [1.29, 1.82) is 0 Å². The third kappa shape index (κ3) is 3.46. The van der Waals surface area contributed by atoms with E-state index >= 15 is 0 Å². The minimum absolute atomic E-state index is 0.0651. The summed E-state index contributed by atoms with van der Waals surface area (Å²) in [6, 6.07) is 11.7. The fourth-order valence-electron chi connectivity index (χ4n) is 1.86. The van der Waals surface area contributed by atoms with Crippen molar-refractivity contribution < 1.29 is 14.2 Å². The molecule has 4 heteroatoms. The molecule has 0 aliphatic rings. The number of hydrogen-bond acceptors (Lipinski definition) is 2. The molecule has 1 unspecified atom stereocenters. The highest BCUT2D eigenvalue weighted by molar-refractivity contribution is 6.30. The summed E-state index contributed by atoms with van der Waals surface area (Å²) in [4.78, 5) is 0. The van der Waals surface area contributed by atoms with E-state index in [4.69, 9.17) is 16.3 Å². The number of aliphatic hydroxyl groups is 1. The predicted molar refractivity (Wildman–Crippen MR) is 73.1 cm³/mol. The Labute approximate surface area is 116 Å². The number of methoxy groups -OCH3 is 1. The van der Waals surface area contributed by atoms with Gasteiger partial charge in [-0.2, -0.15) is 0 Å². The lowest BCUT2D eigenvalue weighted by atomic mass is 10.0. The molecule has 2 nitrogen and oxygen atoms in total. The summed E-state index contributed by atoms with van der Waals surface area (Å²) in [5.41, 5.74) is 1.53. The van der Waals surface area contributed by atoms with Crippen LogP contribution in [-0.4, -0.2) is 12.2 Å². The molecule has 2 rings (SSSR count). The Balaban J connectivity index is 2.15. The van der Waals surface area contributed by atoms with Crippen LogP contribution in [0, 0.1) is 5.82 Å². The van der Waals surface area contributed by atoms with Crippen LogP contribution in [0.1, 0.15) is 17.2 Å². The van der Waals surface area contributed by atoms with Crippen LogP contribution in [0.25, 0.3) is 0 Å². The van der Waals surface area contributed by atoms with Crippen LogP contribution in [0.3, 0.4) is 0 Å². The molecule has 0 saturated carbocycles. The summed E-state index contributed by atoms with van der Waals surface area (Å²) in [5.74, 6) is 0.231. The van der Waals surface area contributed by atoms with E-state index in [2.05, 4.69) is 0 Å². The van der Waals surface area contributed by atoms with Crippen molar-refractivity contribution in [1.82, 2.24) is 0 Å². The fourth-order valence-corrected chi connectivity index (χ4v) is 2.06. The zero-order valence-electron chi connectivity index (χ0n) is 10.4. The number of ether oxygens (including phenoxy) is 1. The fraction of sp³-hybridized carbons (Fsp3) is 0.200. The highest BCUT2D eigenvalue weighted by atomic mass is 35.5. The van der Waals surface area contributed by atoms with Gasteiger partial charge in [-0.25, -0.2) is 4.39 Å². The molecule has 0 amide bonds. The summed E-state index contributed by atoms with van der Waals surface area (Å²) < 4.78 is 18.2. The van der Waals surface area contributed by atoms with E-state index in [1.165, 1.54) is 12.1 Å². The second-order valence-electron chi connectivity index (χ2n) is 4.24. The van der Waals surface area contributed by atoms with E-state index in [1.807, 2.05) is 18.2 Å². The monoisotopic (exact) mass is 280 g/mol. The highest BCUT2D eigenvalue weighted by Crippen LogP contribution is 2.24. The molecule has 19 heavy (non-hydrogen) atoms. The van der Waals surface area contributed by atoms with E-state index in [9.17, 15) is 9.50 Å². The van der Waals surface area contributed by atoms with Crippen LogP contribution in [0.4, 0.5) is 4.39 Å². The maximum Gasteiger partial charge on any atom is 0.141 e. The summed E-state index contributed by atoms with van der Waals surface area (Å²) in [7, 11) is 1.57. The normalized spacial score (nSPS) is 12.2. The lowest BCUT2D eigenvalue weighted by molar-refractivity contribution is 0.178. The summed E-state index contributed by atoms with van der Waals surface area (Å²) >= 11 is 5.71. The van der Waals surface area contributed by atoms with Gasteiger partial charge in [0.1, 0.15) is 11.6 Å². The maximum atomic E-state index is 13.0. The molecular formula is C15H14ClFO2. The Morgan fingerprint density at radius 1 is 1.26 bits per heavy atom. The van der Waals surface area contributed by atoms with Gasteiger partial charge in [-0.15, -0.1) is 0 Å². The Morgan fingerprint density at radius 2 is 2.05 bits per heavy atom. The predicted octanol–water partition coefficient (Wildman–Crippen LogP) is 3.76. The lowest BCUT2D eigenvalue weighted by Crippen LogP contribution is -2.02. The molecule has 2 aromatic carbocycles. The number of halogens is 2. The van der Waals surface area contributed by atoms with E-state index < -0.39 is 11.9 Å². The minimum Gasteiger partial charge on any atom is -0.497 e. The topological polar surface area (TPSA) is 29.5 Å². The van der Waals surface area contributed by atoms with Crippen molar-refractivity contribution in [2.75, 3.05) is 7.11 Å². The van der Waals surface area contributed by atoms with Gasteiger partial charge in [0, 0.05) is 6.42 Å². The van der Waals surface area contributed by atoms with Crippen LogP contribution < -0.4 is 4.74 Å². The van der Waals surface area contributed by atoms with Crippen molar-refractivity contribution >= 4 is 11.6 Å². The first-order valence-corrected chi connectivity index (χ1v) is 6.24. The van der Waals surface area contributed by atoms with Crippen molar-refractivity contribution in [2.45, 2.75) is 12.5 Å². The molecule has 0 fully saturated rings. The van der Waals surface area contributed by atoms with Crippen molar-refractivity contribution in [2.24, 2.45) is 0 Å². The first kappa shape index (κ1) is 13.8. The van der Waals surface area contributed by atoms with E-state index in [-0.39, 0.29) is 5.02 Å². The molecule has 1 atom stereocenters. The Bertz CT molecular complexity index is 572. The van der Waals surface area contributed by atoms with E-state index in [1.54, 1.807) is 19.2 Å². The highest BCUT2D eigenvalue weighted by Gasteiger charge is 2.10. The second kappa shape index (κ2) is 6.04. The summed E-state index contributed by atoms with van der Waals surface area (Å²) in [6.07, 6.45) is -0.315. The van der Waals surface area contributed by atoms with Gasteiger partial charge in [-0.05, 0) is 35.4 Å². The van der Waals surface area contributed by atoms with Crippen LogP contribution in [0.2, 0.25) is 5.02 Å². The number of hydrogen-bond donors (Lipinski definition) is 1. The van der Waals surface area contributed by atoms with E-state index in [0.717, 1.165) is 11.1 Å². The quantitative estimate of drug-likeness (QED) is 0.924. The van der Waals surface area contributed by atoms with Gasteiger partial charge in [0.2, 0.25) is 0 Å². The Hall–Kier alpha value is -1.58. The standard InChI is InChI=1S/C15H14ClFO2/c1-19-12-4-2-3-11(9-12)15(18)8-10-5-6-14(17)13(16)7-10/h2-7,9,15,18H,8H2,1H3. The molecule has 0 aliphatic carbocycles. The molecule has 0 aromatic heterocycles. The average molecular weight is 281 g/mol. The van der Waals surface area contributed by atoms with Crippen molar-refractivity contribution in [3.63, 3.8) is 0 Å². The smallest absolute Gasteiger partial charge is 0.141 e. The lowest BCUT2D eigenvalue weighted by Gasteiger charge is -2.12. The van der Waals surface area contributed by atoms with Crippen LogP contribution in [-0.2, 0) is 6.42 Å². The molecule has 0 radical (unpaired) electrons. The largest absolute Gasteiger partial charge is 0.497 e. The molecular weight excluding hydrogens is 267 g/mol. The van der Waals surface area contributed by atoms with Gasteiger partial charge in [-0.3, -0.25) is 0 Å². The van der Waals surface area contributed by atoms with Gasteiger partial charge < -0.3 is 9.84 Å². The SMILES string of the molecule is COc1cccc(C(O)Cc2ccc(F)c(Cl)c2)c1. The molecule has 100 valence electrons. The van der Waals surface area contributed by atoms with Gasteiger partial charge in [-0.1, -0.05) is 29.8 Å². The first-order valence-electron chi connectivity index (χ1n) is 5.86. The average Bonchev–Trinajstić information content (AvgIpc) is 2.43. The summed E-state index contributed by atoms with van der Waals surface area (Å²) in [6.45, 7) is 0. The molecule has 0 spiro atoms. The third-order valence-electron chi connectivity index (χ3n) is 2.89. The maximum absolute atomic E-state index is 13.0. The van der Waals surface area contributed by atoms with Gasteiger partial charge in [0.25, 0.3) is 0 Å². The number of rotatable bonds is 4. The zero-order valence-corrected chi connectivity index (χ0v) is 11.2. The Morgan fingerprint density at radius 3 is 2.74 bits per heavy atom. The molecule has 2 aromatic rings. The van der Waals surface area contributed by atoms with Gasteiger partial charge in [0.05, 0.1) is 18.2 Å². The number of benzene rings is 2. The van der Waals surface area contributed by atoms with Gasteiger partial charge >= 0.3 is 0 Å². The van der Waals surface area contributed by atoms with Crippen LogP contribution in [0.5, 0.6) is 5.75 Å². The first-order chi connectivity index (χ1) is 9.10. The molecule has 0 saturated heterocycles. The van der Waals surface area contributed by atoms with Gasteiger partial charge in [0.15, 0.2) is 0 Å². The van der Waals surface area contributed by atoms with Crippen LogP contribution >= 0.6 is 11.6 Å². The summed E-state index contributed by atoms with van der Waals surface area (Å²) in [5, 5.41) is 10.2. The van der Waals surface area contributed by atoms with Crippen LogP contribution in [0.15, 0.2) is 42.5 Å². The molecule has 0 aliphatic heterocycles. The minimum atomic E-state index is -0.684. The zero-order chi connectivity index (χ0) is 13.8. The molecule has 0 bridgehead atoms. The second-order valence-corrected chi connectivity index (χ2v) is 4.65. The third-order valence-corrected chi connectivity index (χ3v) is 3.18. The van der Waals surface area contributed by atoms with E-state index in [0.29, 0.717) is 12.2 Å². The Kier molecular flexibility index (Phi) is 4.40. The number of aliphatic hydroxyl groups excluding tert-OH is 1. The van der Waals surface area contributed by atoms with Crippen molar-refractivity contribution in [3.05, 3.63) is 64.4 Å². The molecule has 0 heterocycles.